The van der Waals surface area contributed by atoms with E-state index in [2.05, 4.69) is 25.4 Å². The molecule has 0 saturated carbocycles. The van der Waals surface area contributed by atoms with Crippen LogP contribution in [0.15, 0.2) is 45.8 Å². The van der Waals surface area contributed by atoms with Crippen LogP contribution in [0.3, 0.4) is 0 Å². The van der Waals surface area contributed by atoms with Crippen molar-refractivity contribution in [3.63, 3.8) is 0 Å². The molecule has 0 radical (unpaired) electrons. The van der Waals surface area contributed by atoms with Gasteiger partial charge in [0.05, 0.1) is 12.8 Å². The van der Waals surface area contributed by atoms with Crippen molar-refractivity contribution < 1.29 is 17.7 Å². The number of hydrogen-bond donors (Lipinski definition) is 2. The summed E-state index contributed by atoms with van der Waals surface area (Å²) in [6.07, 6.45) is 0. The molecule has 2 aromatic heterocycles. The van der Waals surface area contributed by atoms with Crippen LogP contribution in [0.25, 0.3) is 0 Å². The largest absolute Gasteiger partial charge is 0.495 e. The minimum Gasteiger partial charge on any atom is -0.495 e. The van der Waals surface area contributed by atoms with Gasteiger partial charge in [0, 0.05) is 0 Å². The molecule has 26 heavy (non-hydrogen) atoms. The number of ether oxygens (including phenoxy) is 1. The second-order valence-electron chi connectivity index (χ2n) is 5.39. The highest BCUT2D eigenvalue weighted by Crippen LogP contribution is 2.26. The van der Waals surface area contributed by atoms with Crippen LogP contribution >= 0.6 is 0 Å². The first kappa shape index (κ1) is 17.7. The standard InChI is InChI=1S/C16H17N5O4S/c1-10-16(11(2)25-20-10)26(22,23)21-15-9-8-14(18-19-15)17-12-6-4-5-7-13(12)24-3/h4-9H,1-3H3,(H,17,18)(H,19,21). The zero-order valence-corrected chi connectivity index (χ0v) is 15.2. The summed E-state index contributed by atoms with van der Waals surface area (Å²) in [4.78, 5) is -0.00414. The van der Waals surface area contributed by atoms with E-state index >= 15 is 0 Å². The molecule has 2 heterocycles. The van der Waals surface area contributed by atoms with E-state index in [9.17, 15) is 8.42 Å². The lowest BCUT2D eigenvalue weighted by molar-refractivity contribution is 0.390. The topological polar surface area (TPSA) is 119 Å². The van der Waals surface area contributed by atoms with Crippen molar-refractivity contribution in [2.45, 2.75) is 18.7 Å². The van der Waals surface area contributed by atoms with Gasteiger partial charge in [-0.25, -0.2) is 8.42 Å². The molecule has 2 N–H and O–H groups in total. The Morgan fingerprint density at radius 3 is 2.35 bits per heavy atom. The number of anilines is 3. The number of aryl methyl sites for hydroxylation is 2. The molecule has 0 spiro atoms. The fraction of sp³-hybridized carbons (Fsp3) is 0.188. The predicted molar refractivity (Wildman–Crippen MR) is 95.1 cm³/mol. The number of methoxy groups -OCH3 is 1. The van der Waals surface area contributed by atoms with E-state index in [-0.39, 0.29) is 22.2 Å². The molecular weight excluding hydrogens is 358 g/mol. The van der Waals surface area contributed by atoms with Gasteiger partial charge in [-0.2, -0.15) is 0 Å². The Bertz CT molecular complexity index is 996. The lowest BCUT2D eigenvalue weighted by atomic mass is 10.3. The molecule has 0 unspecified atom stereocenters. The van der Waals surface area contributed by atoms with E-state index in [1.54, 1.807) is 20.1 Å². The average Bonchev–Trinajstić information content (AvgIpc) is 2.96. The first-order valence-corrected chi connectivity index (χ1v) is 9.08. The van der Waals surface area contributed by atoms with Gasteiger partial charge >= 0.3 is 0 Å². The van der Waals surface area contributed by atoms with Gasteiger partial charge in [-0.3, -0.25) is 4.72 Å². The van der Waals surface area contributed by atoms with Gasteiger partial charge in [0.1, 0.15) is 11.4 Å². The highest BCUT2D eigenvalue weighted by Gasteiger charge is 2.24. The predicted octanol–water partition coefficient (Wildman–Crippen LogP) is 2.63. The first-order valence-electron chi connectivity index (χ1n) is 7.60. The molecule has 0 bridgehead atoms. The average molecular weight is 375 g/mol. The molecule has 3 rings (SSSR count). The van der Waals surface area contributed by atoms with Crippen LogP contribution < -0.4 is 14.8 Å². The Morgan fingerprint density at radius 1 is 1.04 bits per heavy atom. The number of nitrogens with one attached hydrogen (secondary N) is 2. The number of sulfonamides is 1. The zero-order valence-electron chi connectivity index (χ0n) is 14.3. The van der Waals surface area contributed by atoms with Crippen LogP contribution in [0.1, 0.15) is 11.5 Å². The van der Waals surface area contributed by atoms with Crippen molar-refractivity contribution in [2.24, 2.45) is 0 Å². The van der Waals surface area contributed by atoms with Crippen LogP contribution in [0.4, 0.5) is 17.3 Å². The third-order valence-electron chi connectivity index (χ3n) is 3.51. The summed E-state index contributed by atoms with van der Waals surface area (Å²) in [6, 6.07) is 10.4. The van der Waals surface area contributed by atoms with Crippen LogP contribution in [-0.4, -0.2) is 30.9 Å². The third-order valence-corrected chi connectivity index (χ3v) is 5.11. The van der Waals surface area contributed by atoms with E-state index in [1.807, 2.05) is 24.3 Å². The van der Waals surface area contributed by atoms with Crippen LogP contribution in [0.5, 0.6) is 5.75 Å². The number of aromatic nitrogens is 3. The molecular formula is C16H17N5O4S. The Kier molecular flexibility index (Phi) is 4.76. The van der Waals surface area contributed by atoms with Crippen LogP contribution in [0.2, 0.25) is 0 Å². The summed E-state index contributed by atoms with van der Waals surface area (Å²) < 4.78 is 37.4. The zero-order chi connectivity index (χ0) is 18.7. The smallest absolute Gasteiger partial charge is 0.268 e. The van der Waals surface area contributed by atoms with E-state index in [0.29, 0.717) is 17.3 Å². The Morgan fingerprint density at radius 2 is 1.73 bits per heavy atom. The number of nitrogens with zero attached hydrogens (tertiary/aromatic N) is 3. The van der Waals surface area contributed by atoms with E-state index in [4.69, 9.17) is 9.26 Å². The molecule has 3 aromatic rings. The second kappa shape index (κ2) is 7.00. The van der Waals surface area contributed by atoms with Gasteiger partial charge < -0.3 is 14.6 Å². The maximum atomic E-state index is 12.5. The molecule has 0 amide bonds. The highest BCUT2D eigenvalue weighted by molar-refractivity contribution is 7.92. The number of benzene rings is 1. The fourth-order valence-corrected chi connectivity index (χ4v) is 3.71. The van der Waals surface area contributed by atoms with Crippen molar-refractivity contribution in [1.29, 1.82) is 0 Å². The summed E-state index contributed by atoms with van der Waals surface area (Å²) in [6.45, 7) is 3.08. The van der Waals surface area contributed by atoms with Crippen LogP contribution in [0, 0.1) is 13.8 Å². The quantitative estimate of drug-likeness (QED) is 0.675. The molecule has 10 heteroatoms. The molecule has 0 atom stereocenters. The summed E-state index contributed by atoms with van der Waals surface area (Å²) >= 11 is 0. The summed E-state index contributed by atoms with van der Waals surface area (Å²) in [5, 5.41) is 14.6. The number of hydrogen-bond acceptors (Lipinski definition) is 8. The molecule has 0 aliphatic heterocycles. The Labute approximate surface area is 150 Å². The van der Waals surface area contributed by atoms with Crippen LogP contribution in [-0.2, 0) is 10.0 Å². The van der Waals surface area contributed by atoms with Gasteiger partial charge in [-0.15, -0.1) is 10.2 Å². The number of rotatable bonds is 6. The maximum Gasteiger partial charge on any atom is 0.268 e. The van der Waals surface area contributed by atoms with Crippen molar-refractivity contribution in [2.75, 3.05) is 17.1 Å². The van der Waals surface area contributed by atoms with Gasteiger partial charge in [0.15, 0.2) is 22.3 Å². The van der Waals surface area contributed by atoms with Gasteiger partial charge in [0.2, 0.25) is 0 Å². The van der Waals surface area contributed by atoms with E-state index < -0.39 is 10.0 Å². The highest BCUT2D eigenvalue weighted by atomic mass is 32.2. The minimum atomic E-state index is -3.86. The van der Waals surface area contributed by atoms with Crippen molar-refractivity contribution >= 4 is 27.3 Å². The summed E-state index contributed by atoms with van der Waals surface area (Å²) in [7, 11) is -2.29. The molecule has 136 valence electrons. The monoisotopic (exact) mass is 375 g/mol. The molecule has 0 aliphatic rings. The van der Waals surface area contributed by atoms with Gasteiger partial charge in [-0.1, -0.05) is 17.3 Å². The Hall–Kier alpha value is -3.14. The van der Waals surface area contributed by atoms with Crippen molar-refractivity contribution in [3.05, 3.63) is 47.9 Å². The van der Waals surface area contributed by atoms with Crippen molar-refractivity contribution in [1.82, 2.24) is 15.4 Å². The molecule has 0 aliphatic carbocycles. The molecule has 1 aromatic carbocycles. The fourth-order valence-electron chi connectivity index (χ4n) is 2.39. The number of para-hydroxylation sites is 2. The molecule has 0 fully saturated rings. The normalized spacial score (nSPS) is 11.2. The SMILES string of the molecule is COc1ccccc1Nc1ccc(NS(=O)(=O)c2c(C)noc2C)nn1. The lowest BCUT2D eigenvalue weighted by Gasteiger charge is -2.10. The third kappa shape index (κ3) is 3.59. The van der Waals surface area contributed by atoms with E-state index in [0.717, 1.165) is 0 Å². The van der Waals surface area contributed by atoms with E-state index in [1.165, 1.54) is 13.0 Å². The maximum absolute atomic E-state index is 12.5. The minimum absolute atomic E-state index is 0.00414. The molecule has 0 saturated heterocycles. The van der Waals surface area contributed by atoms with Crippen molar-refractivity contribution in [3.8, 4) is 5.75 Å². The lowest BCUT2D eigenvalue weighted by Crippen LogP contribution is -2.15. The summed E-state index contributed by atoms with van der Waals surface area (Å²) in [5.41, 5.74) is 0.991. The summed E-state index contributed by atoms with van der Waals surface area (Å²) in [5.74, 6) is 1.38. The first-order chi connectivity index (χ1) is 12.4. The molecule has 9 nitrogen and oxygen atoms in total. The van der Waals surface area contributed by atoms with Gasteiger partial charge in [0.25, 0.3) is 10.0 Å². The second-order valence-corrected chi connectivity index (χ2v) is 7.01. The Balaban J connectivity index is 1.78. The van der Waals surface area contributed by atoms with Gasteiger partial charge in [-0.05, 0) is 38.1 Å².